The van der Waals surface area contributed by atoms with E-state index in [1.54, 1.807) is 0 Å². The summed E-state index contributed by atoms with van der Waals surface area (Å²) in [7, 11) is 0. The van der Waals surface area contributed by atoms with E-state index in [1.165, 1.54) is 0 Å². The van der Waals surface area contributed by atoms with Gasteiger partial charge in [0.15, 0.2) is 0 Å². The summed E-state index contributed by atoms with van der Waals surface area (Å²) in [4.78, 5) is 0. The lowest BCUT2D eigenvalue weighted by Gasteiger charge is -2.15. The molecule has 0 aliphatic heterocycles. The molecule has 0 aliphatic carbocycles. The summed E-state index contributed by atoms with van der Waals surface area (Å²) in [5.41, 5.74) is 0.946. The molecule has 0 radical (unpaired) electrons. The van der Waals surface area contributed by atoms with Gasteiger partial charge in [-0.15, -0.1) is 0 Å². The number of hydrogen-bond acceptors (Lipinski definition) is 1. The van der Waals surface area contributed by atoms with Crippen LogP contribution in [0.25, 0.3) is 0 Å². The van der Waals surface area contributed by atoms with E-state index in [1.807, 2.05) is 37.3 Å². The minimum absolute atomic E-state index is 0.0600. The fourth-order valence-corrected chi connectivity index (χ4v) is 1.50. The number of rotatable bonds is 5. The first-order chi connectivity index (χ1) is 7.47. The maximum absolute atomic E-state index is 11.9. The van der Waals surface area contributed by atoms with Gasteiger partial charge in [-0.05, 0) is 31.9 Å². The second-order valence-electron chi connectivity index (χ2n) is 3.92. The van der Waals surface area contributed by atoms with E-state index >= 15 is 0 Å². The predicted molar refractivity (Wildman–Crippen MR) is 59.4 cm³/mol. The van der Waals surface area contributed by atoms with Gasteiger partial charge < -0.3 is 5.32 Å². The first-order valence-electron chi connectivity index (χ1n) is 5.36. The van der Waals surface area contributed by atoms with Crippen molar-refractivity contribution in [2.75, 3.05) is 5.32 Å². The Kier molecular flexibility index (Phi) is 4.65. The van der Waals surface area contributed by atoms with Crippen LogP contribution in [0.15, 0.2) is 30.3 Å². The van der Waals surface area contributed by atoms with Gasteiger partial charge in [-0.2, -0.15) is 13.2 Å². The number of alkyl halides is 3. The molecule has 0 spiro atoms. The van der Waals surface area contributed by atoms with Crippen molar-refractivity contribution in [1.29, 1.82) is 0 Å². The highest BCUT2D eigenvalue weighted by Crippen LogP contribution is 2.23. The lowest BCUT2D eigenvalue weighted by Crippen LogP contribution is -2.16. The van der Waals surface area contributed by atoms with Gasteiger partial charge in [-0.25, -0.2) is 0 Å². The highest BCUT2D eigenvalue weighted by atomic mass is 19.4. The molecule has 1 aromatic rings. The van der Waals surface area contributed by atoms with Crippen molar-refractivity contribution in [3.05, 3.63) is 30.3 Å². The summed E-state index contributed by atoms with van der Waals surface area (Å²) in [6, 6.07) is 9.56. The summed E-state index contributed by atoms with van der Waals surface area (Å²) in [5.74, 6) is 0. The number of benzene rings is 1. The fraction of sp³-hybridized carbons (Fsp3) is 0.500. The Balaban J connectivity index is 2.24. The van der Waals surface area contributed by atoms with Crippen LogP contribution in [0.1, 0.15) is 26.2 Å². The topological polar surface area (TPSA) is 12.0 Å². The van der Waals surface area contributed by atoms with Crippen LogP contribution in [0.3, 0.4) is 0 Å². The molecule has 1 rings (SSSR count). The molecule has 0 aliphatic rings. The van der Waals surface area contributed by atoms with Crippen molar-refractivity contribution in [3.63, 3.8) is 0 Å². The Morgan fingerprint density at radius 2 is 1.81 bits per heavy atom. The molecule has 1 nitrogen and oxygen atoms in total. The third kappa shape index (κ3) is 5.63. The average molecular weight is 231 g/mol. The SMILES string of the molecule is CC(CCCC(F)(F)F)Nc1ccccc1. The number of nitrogens with one attached hydrogen (secondary N) is 1. The maximum atomic E-state index is 11.9. The van der Waals surface area contributed by atoms with E-state index in [2.05, 4.69) is 5.32 Å². The van der Waals surface area contributed by atoms with Crippen LogP contribution in [0.4, 0.5) is 18.9 Å². The van der Waals surface area contributed by atoms with Crippen LogP contribution in [0, 0.1) is 0 Å². The molecule has 4 heteroatoms. The van der Waals surface area contributed by atoms with Gasteiger partial charge in [0.25, 0.3) is 0 Å². The molecule has 0 aromatic heterocycles. The van der Waals surface area contributed by atoms with E-state index in [0.29, 0.717) is 6.42 Å². The zero-order valence-corrected chi connectivity index (χ0v) is 9.22. The number of hydrogen-bond donors (Lipinski definition) is 1. The van der Waals surface area contributed by atoms with Crippen LogP contribution in [-0.2, 0) is 0 Å². The molecule has 90 valence electrons. The smallest absolute Gasteiger partial charge is 0.383 e. The molecule has 1 atom stereocenters. The summed E-state index contributed by atoms with van der Waals surface area (Å²) < 4.78 is 35.7. The monoisotopic (exact) mass is 231 g/mol. The molecular formula is C12H16F3N. The highest BCUT2D eigenvalue weighted by Gasteiger charge is 2.26. The third-order valence-electron chi connectivity index (χ3n) is 2.28. The van der Waals surface area contributed by atoms with Crippen LogP contribution >= 0.6 is 0 Å². The molecular weight excluding hydrogens is 215 g/mol. The standard InChI is InChI=1S/C12H16F3N/c1-10(6-5-9-12(13,14)15)16-11-7-3-2-4-8-11/h2-4,7-8,10,16H,5-6,9H2,1H3. The molecule has 0 fully saturated rings. The van der Waals surface area contributed by atoms with E-state index < -0.39 is 12.6 Å². The molecule has 1 N–H and O–H groups in total. The maximum Gasteiger partial charge on any atom is 0.389 e. The molecule has 0 heterocycles. The number of halogens is 3. The van der Waals surface area contributed by atoms with Crippen molar-refractivity contribution in [2.24, 2.45) is 0 Å². The van der Waals surface area contributed by atoms with Crippen molar-refractivity contribution < 1.29 is 13.2 Å². The fourth-order valence-electron chi connectivity index (χ4n) is 1.50. The normalized spacial score (nSPS) is 13.5. The van der Waals surface area contributed by atoms with Gasteiger partial charge in [0, 0.05) is 18.2 Å². The van der Waals surface area contributed by atoms with E-state index in [-0.39, 0.29) is 12.5 Å². The van der Waals surface area contributed by atoms with E-state index in [9.17, 15) is 13.2 Å². The molecule has 0 bridgehead atoms. The summed E-state index contributed by atoms with van der Waals surface area (Å²) >= 11 is 0. The molecule has 1 aromatic carbocycles. The Bertz CT molecular complexity index is 295. The molecule has 0 saturated heterocycles. The summed E-state index contributed by atoms with van der Waals surface area (Å²) in [5, 5.41) is 3.16. The Labute approximate surface area is 93.7 Å². The van der Waals surface area contributed by atoms with Crippen molar-refractivity contribution >= 4 is 5.69 Å². The van der Waals surface area contributed by atoms with Gasteiger partial charge in [0.2, 0.25) is 0 Å². The van der Waals surface area contributed by atoms with Crippen LogP contribution in [0.2, 0.25) is 0 Å². The van der Waals surface area contributed by atoms with E-state index in [0.717, 1.165) is 5.69 Å². The van der Waals surface area contributed by atoms with Gasteiger partial charge in [0.1, 0.15) is 0 Å². The summed E-state index contributed by atoms with van der Waals surface area (Å²) in [6.07, 6.45) is -4.04. The molecule has 1 unspecified atom stereocenters. The van der Waals surface area contributed by atoms with Crippen molar-refractivity contribution in [2.45, 2.75) is 38.4 Å². The largest absolute Gasteiger partial charge is 0.389 e. The van der Waals surface area contributed by atoms with Gasteiger partial charge in [-0.1, -0.05) is 18.2 Å². The van der Waals surface area contributed by atoms with Crippen molar-refractivity contribution in [1.82, 2.24) is 0 Å². The minimum atomic E-state index is -4.04. The molecule has 0 amide bonds. The Morgan fingerprint density at radius 1 is 1.19 bits per heavy atom. The van der Waals surface area contributed by atoms with Crippen LogP contribution < -0.4 is 5.32 Å². The van der Waals surface area contributed by atoms with Gasteiger partial charge in [0.05, 0.1) is 0 Å². The molecule has 0 saturated carbocycles. The first-order valence-corrected chi connectivity index (χ1v) is 5.36. The lowest BCUT2D eigenvalue weighted by molar-refractivity contribution is -0.135. The van der Waals surface area contributed by atoms with Crippen LogP contribution in [-0.4, -0.2) is 12.2 Å². The lowest BCUT2D eigenvalue weighted by atomic mass is 10.1. The third-order valence-corrected chi connectivity index (χ3v) is 2.28. The number of para-hydroxylation sites is 1. The van der Waals surface area contributed by atoms with E-state index in [4.69, 9.17) is 0 Å². The average Bonchev–Trinajstić information content (AvgIpc) is 2.17. The minimum Gasteiger partial charge on any atom is -0.383 e. The van der Waals surface area contributed by atoms with Crippen molar-refractivity contribution in [3.8, 4) is 0 Å². The Hall–Kier alpha value is -1.19. The summed E-state index contributed by atoms with van der Waals surface area (Å²) in [6.45, 7) is 1.89. The van der Waals surface area contributed by atoms with Gasteiger partial charge >= 0.3 is 6.18 Å². The molecule has 16 heavy (non-hydrogen) atoms. The zero-order valence-electron chi connectivity index (χ0n) is 9.22. The quantitative estimate of drug-likeness (QED) is 0.800. The predicted octanol–water partition coefficient (Wildman–Crippen LogP) is 4.22. The highest BCUT2D eigenvalue weighted by molar-refractivity contribution is 5.43. The Morgan fingerprint density at radius 3 is 2.38 bits per heavy atom. The zero-order chi connectivity index (χ0) is 12.0. The van der Waals surface area contributed by atoms with Gasteiger partial charge in [-0.3, -0.25) is 0 Å². The second kappa shape index (κ2) is 5.77. The number of anilines is 1. The van der Waals surface area contributed by atoms with Crippen LogP contribution in [0.5, 0.6) is 0 Å². The first kappa shape index (κ1) is 12.9. The second-order valence-corrected chi connectivity index (χ2v) is 3.92.